The number of benzene rings is 1. The van der Waals surface area contributed by atoms with Crippen LogP contribution in [0.25, 0.3) is 11.3 Å². The second kappa shape index (κ2) is 10.2. The van der Waals surface area contributed by atoms with Crippen molar-refractivity contribution in [3.63, 3.8) is 0 Å². The van der Waals surface area contributed by atoms with E-state index in [4.69, 9.17) is 4.74 Å². The average Bonchev–Trinajstić information content (AvgIpc) is 3.32. The van der Waals surface area contributed by atoms with Crippen molar-refractivity contribution in [2.75, 3.05) is 32.5 Å². The predicted octanol–water partition coefficient (Wildman–Crippen LogP) is 3.28. The Labute approximate surface area is 195 Å². The fourth-order valence-corrected chi connectivity index (χ4v) is 5.24. The Morgan fingerprint density at radius 3 is 2.42 bits per heavy atom. The molecule has 0 spiro atoms. The molecule has 2 aromatic rings. The van der Waals surface area contributed by atoms with Gasteiger partial charge >= 0.3 is 6.09 Å². The Morgan fingerprint density at radius 1 is 1.15 bits per heavy atom. The van der Waals surface area contributed by atoms with E-state index in [1.54, 1.807) is 24.3 Å². The fourth-order valence-electron chi connectivity index (χ4n) is 4.61. The van der Waals surface area contributed by atoms with Crippen molar-refractivity contribution in [3.8, 4) is 11.3 Å². The quantitative estimate of drug-likeness (QED) is 0.659. The van der Waals surface area contributed by atoms with Gasteiger partial charge in [-0.3, -0.25) is 9.88 Å². The van der Waals surface area contributed by atoms with Crippen LogP contribution in [0, 0.1) is 0 Å². The maximum absolute atomic E-state index is 11.7. The molecule has 2 aliphatic heterocycles. The van der Waals surface area contributed by atoms with Gasteiger partial charge in [0.2, 0.25) is 0 Å². The molecule has 0 saturated carbocycles. The standard InChI is InChI=1S/C24H31N3O5S/c1-33(30,31)22-7-5-19(6-8-22)23-9-4-18(15-25-23)16-27(17-21-3-2-14-32-21)20-10-12-26(13-11-20)24(28)29/h4-9,15,20-21H,2-3,10-14,16-17H2,1H3,(H,28,29). The van der Waals surface area contributed by atoms with Crippen LogP contribution < -0.4 is 0 Å². The van der Waals surface area contributed by atoms with Gasteiger partial charge in [0.25, 0.3) is 0 Å². The summed E-state index contributed by atoms with van der Waals surface area (Å²) in [4.78, 5) is 20.1. The first kappa shape index (κ1) is 23.7. The molecule has 1 N–H and O–H groups in total. The van der Waals surface area contributed by atoms with Crippen LogP contribution in [0.3, 0.4) is 0 Å². The highest BCUT2D eigenvalue weighted by Gasteiger charge is 2.29. The monoisotopic (exact) mass is 473 g/mol. The number of sulfone groups is 1. The second-order valence-electron chi connectivity index (χ2n) is 8.91. The Kier molecular flexibility index (Phi) is 7.31. The van der Waals surface area contributed by atoms with Gasteiger partial charge < -0.3 is 14.7 Å². The van der Waals surface area contributed by atoms with Gasteiger partial charge in [0.1, 0.15) is 0 Å². The molecular weight excluding hydrogens is 442 g/mol. The first-order valence-electron chi connectivity index (χ1n) is 11.4. The van der Waals surface area contributed by atoms with Crippen molar-refractivity contribution in [2.24, 2.45) is 0 Å². The first-order chi connectivity index (χ1) is 15.8. The maximum atomic E-state index is 11.7. The van der Waals surface area contributed by atoms with Crippen LogP contribution in [0.4, 0.5) is 4.79 Å². The molecule has 0 aliphatic carbocycles. The van der Waals surface area contributed by atoms with Crippen molar-refractivity contribution in [1.82, 2.24) is 14.8 Å². The number of nitrogens with zero attached hydrogens (tertiary/aromatic N) is 3. The average molecular weight is 474 g/mol. The van der Waals surface area contributed by atoms with Crippen LogP contribution in [0.5, 0.6) is 0 Å². The highest BCUT2D eigenvalue weighted by Crippen LogP contribution is 2.24. The van der Waals surface area contributed by atoms with Crippen molar-refractivity contribution in [2.45, 2.75) is 49.3 Å². The molecule has 1 amide bonds. The lowest BCUT2D eigenvalue weighted by molar-refractivity contribution is 0.0349. The summed E-state index contributed by atoms with van der Waals surface area (Å²) in [6.45, 7) is 3.50. The summed E-state index contributed by atoms with van der Waals surface area (Å²) in [6.07, 6.45) is 6.23. The fraction of sp³-hybridized carbons (Fsp3) is 0.500. The molecule has 2 saturated heterocycles. The zero-order valence-electron chi connectivity index (χ0n) is 18.9. The molecule has 4 rings (SSSR count). The minimum Gasteiger partial charge on any atom is -0.465 e. The van der Waals surface area contributed by atoms with E-state index in [2.05, 4.69) is 16.0 Å². The van der Waals surface area contributed by atoms with E-state index in [1.165, 1.54) is 11.2 Å². The van der Waals surface area contributed by atoms with Crippen LogP contribution in [-0.4, -0.2) is 79.0 Å². The summed E-state index contributed by atoms with van der Waals surface area (Å²) in [5.41, 5.74) is 2.75. The molecule has 1 aromatic heterocycles. The summed E-state index contributed by atoms with van der Waals surface area (Å²) in [7, 11) is -3.22. The number of carboxylic acid groups (broad SMARTS) is 1. The lowest BCUT2D eigenvalue weighted by Crippen LogP contribution is -2.48. The zero-order chi connectivity index (χ0) is 23.4. The number of piperidine rings is 1. The van der Waals surface area contributed by atoms with Crippen molar-refractivity contribution >= 4 is 15.9 Å². The second-order valence-corrected chi connectivity index (χ2v) is 10.9. The van der Waals surface area contributed by atoms with E-state index in [1.807, 2.05) is 12.3 Å². The highest BCUT2D eigenvalue weighted by atomic mass is 32.2. The third kappa shape index (κ3) is 6.10. The summed E-state index contributed by atoms with van der Waals surface area (Å²) in [5.74, 6) is 0. The predicted molar refractivity (Wildman–Crippen MR) is 125 cm³/mol. The lowest BCUT2D eigenvalue weighted by Gasteiger charge is -2.38. The highest BCUT2D eigenvalue weighted by molar-refractivity contribution is 7.90. The number of hydrogen-bond acceptors (Lipinski definition) is 6. The number of aromatic nitrogens is 1. The molecule has 33 heavy (non-hydrogen) atoms. The van der Waals surface area contributed by atoms with Crippen LogP contribution in [-0.2, 0) is 21.1 Å². The van der Waals surface area contributed by atoms with Crippen molar-refractivity contribution < 1.29 is 23.1 Å². The molecule has 1 aromatic carbocycles. The summed E-state index contributed by atoms with van der Waals surface area (Å²) in [5, 5.41) is 9.26. The minimum atomic E-state index is -3.22. The van der Waals surface area contributed by atoms with E-state index in [0.717, 1.165) is 62.2 Å². The molecule has 8 nitrogen and oxygen atoms in total. The van der Waals surface area contributed by atoms with Crippen LogP contribution in [0.15, 0.2) is 47.5 Å². The van der Waals surface area contributed by atoms with Gasteiger partial charge in [0.05, 0.1) is 16.7 Å². The van der Waals surface area contributed by atoms with Crippen LogP contribution >= 0.6 is 0 Å². The van der Waals surface area contributed by atoms with Gasteiger partial charge in [0, 0.05) is 56.8 Å². The number of carbonyl (C=O) groups is 1. The van der Waals surface area contributed by atoms with Gasteiger partial charge in [-0.15, -0.1) is 0 Å². The topological polar surface area (TPSA) is 100 Å². The minimum absolute atomic E-state index is 0.225. The van der Waals surface area contributed by atoms with Crippen molar-refractivity contribution in [1.29, 1.82) is 0 Å². The Hall–Kier alpha value is -2.49. The van der Waals surface area contributed by atoms with Gasteiger partial charge in [0.15, 0.2) is 9.84 Å². The number of ether oxygens (including phenoxy) is 1. The van der Waals surface area contributed by atoms with E-state index >= 15 is 0 Å². The molecular formula is C24H31N3O5S. The Balaban J connectivity index is 1.45. The van der Waals surface area contributed by atoms with Gasteiger partial charge in [-0.25, -0.2) is 13.2 Å². The largest absolute Gasteiger partial charge is 0.465 e. The Bertz CT molecular complexity index is 1040. The van der Waals surface area contributed by atoms with E-state index in [-0.39, 0.29) is 6.10 Å². The number of likely N-dealkylation sites (tertiary alicyclic amines) is 1. The van der Waals surface area contributed by atoms with Crippen LogP contribution in [0.2, 0.25) is 0 Å². The molecule has 0 radical (unpaired) electrons. The normalized spacial score (nSPS) is 19.8. The summed E-state index contributed by atoms with van der Waals surface area (Å²) in [6, 6.07) is 11.1. The van der Waals surface area contributed by atoms with Gasteiger partial charge in [-0.05, 0) is 49.4 Å². The zero-order valence-corrected chi connectivity index (χ0v) is 19.7. The third-order valence-corrected chi connectivity index (χ3v) is 7.63. The number of hydrogen-bond donors (Lipinski definition) is 1. The number of rotatable bonds is 7. The SMILES string of the molecule is CS(=O)(=O)c1ccc(-c2ccc(CN(CC3CCCO3)C3CCN(C(=O)O)CC3)cn2)cc1. The molecule has 3 heterocycles. The van der Waals surface area contributed by atoms with Gasteiger partial charge in [-0.2, -0.15) is 0 Å². The molecule has 178 valence electrons. The first-order valence-corrected chi connectivity index (χ1v) is 13.3. The lowest BCUT2D eigenvalue weighted by atomic mass is 10.0. The third-order valence-electron chi connectivity index (χ3n) is 6.50. The van der Waals surface area contributed by atoms with E-state index < -0.39 is 15.9 Å². The molecule has 1 atom stereocenters. The molecule has 2 aliphatic rings. The molecule has 2 fully saturated rings. The summed E-state index contributed by atoms with van der Waals surface area (Å²) < 4.78 is 29.2. The van der Waals surface area contributed by atoms with E-state index in [0.29, 0.717) is 24.0 Å². The number of pyridine rings is 1. The smallest absolute Gasteiger partial charge is 0.407 e. The molecule has 9 heteroatoms. The number of amides is 1. The maximum Gasteiger partial charge on any atom is 0.407 e. The van der Waals surface area contributed by atoms with Gasteiger partial charge in [-0.1, -0.05) is 18.2 Å². The van der Waals surface area contributed by atoms with E-state index in [9.17, 15) is 18.3 Å². The van der Waals surface area contributed by atoms with Crippen molar-refractivity contribution in [3.05, 3.63) is 48.2 Å². The molecule has 0 bridgehead atoms. The molecule has 1 unspecified atom stereocenters. The summed E-state index contributed by atoms with van der Waals surface area (Å²) >= 11 is 0. The van der Waals surface area contributed by atoms with Crippen LogP contribution in [0.1, 0.15) is 31.2 Å². The Morgan fingerprint density at radius 2 is 1.88 bits per heavy atom.